The summed E-state index contributed by atoms with van der Waals surface area (Å²) in [4.78, 5) is 0. The molecule has 0 saturated heterocycles. The molecular formula is C15H22. The summed E-state index contributed by atoms with van der Waals surface area (Å²) in [5.74, 6) is 0.729. The van der Waals surface area contributed by atoms with Crippen LogP contribution in [0.25, 0.3) is 0 Å². The third-order valence-corrected chi connectivity index (χ3v) is 2.85. The van der Waals surface area contributed by atoms with E-state index in [0.717, 1.165) is 12.3 Å². The van der Waals surface area contributed by atoms with Crippen molar-refractivity contribution in [3.05, 3.63) is 48.0 Å². The fraction of sp³-hybridized carbons (Fsp3) is 0.467. The molecule has 0 aliphatic heterocycles. The first-order valence-electron chi connectivity index (χ1n) is 6.08. The second-order valence-corrected chi connectivity index (χ2v) is 3.97. The lowest BCUT2D eigenvalue weighted by Gasteiger charge is -2.13. The van der Waals surface area contributed by atoms with Crippen molar-refractivity contribution in [3.63, 3.8) is 0 Å². The molecule has 1 rings (SSSR count). The van der Waals surface area contributed by atoms with Gasteiger partial charge in [0.1, 0.15) is 0 Å². The first kappa shape index (κ1) is 12.0. The minimum absolute atomic E-state index is 0.729. The minimum atomic E-state index is 0.729. The number of rotatable bonds is 6. The quantitative estimate of drug-likeness (QED) is 0.574. The Hall–Kier alpha value is -1.04. The first-order chi connectivity index (χ1) is 7.38. The SMILES string of the molecule is CCC=CCCC(CC)c1ccccc1. The lowest BCUT2D eigenvalue weighted by atomic mass is 9.92. The van der Waals surface area contributed by atoms with E-state index in [1.165, 1.54) is 24.8 Å². The average Bonchev–Trinajstić information content (AvgIpc) is 2.30. The van der Waals surface area contributed by atoms with Crippen LogP contribution in [-0.4, -0.2) is 0 Å². The summed E-state index contributed by atoms with van der Waals surface area (Å²) in [7, 11) is 0. The van der Waals surface area contributed by atoms with Gasteiger partial charge >= 0.3 is 0 Å². The lowest BCUT2D eigenvalue weighted by molar-refractivity contribution is 0.613. The van der Waals surface area contributed by atoms with Crippen molar-refractivity contribution in [2.75, 3.05) is 0 Å². The zero-order valence-electron chi connectivity index (χ0n) is 9.95. The van der Waals surface area contributed by atoms with Crippen LogP contribution < -0.4 is 0 Å². The molecule has 0 aliphatic rings. The lowest BCUT2D eigenvalue weighted by Crippen LogP contribution is -1.96. The molecule has 82 valence electrons. The molecule has 0 aliphatic carbocycles. The number of hydrogen-bond acceptors (Lipinski definition) is 0. The molecule has 1 unspecified atom stereocenters. The van der Waals surface area contributed by atoms with E-state index in [4.69, 9.17) is 0 Å². The third kappa shape index (κ3) is 4.33. The van der Waals surface area contributed by atoms with E-state index in [-0.39, 0.29) is 0 Å². The second kappa shape index (κ2) is 7.28. The van der Waals surface area contributed by atoms with Crippen molar-refractivity contribution in [1.82, 2.24) is 0 Å². The fourth-order valence-corrected chi connectivity index (χ4v) is 1.91. The maximum Gasteiger partial charge on any atom is -0.0162 e. The third-order valence-electron chi connectivity index (χ3n) is 2.85. The first-order valence-corrected chi connectivity index (χ1v) is 6.08. The summed E-state index contributed by atoms with van der Waals surface area (Å²) in [5, 5.41) is 0. The minimum Gasteiger partial charge on any atom is -0.0888 e. The van der Waals surface area contributed by atoms with Crippen LogP contribution in [0.1, 0.15) is 51.0 Å². The van der Waals surface area contributed by atoms with E-state index in [0.29, 0.717) is 0 Å². The van der Waals surface area contributed by atoms with Gasteiger partial charge in [0.05, 0.1) is 0 Å². The molecule has 1 aromatic rings. The van der Waals surface area contributed by atoms with Crippen molar-refractivity contribution in [2.24, 2.45) is 0 Å². The molecule has 0 nitrogen and oxygen atoms in total. The van der Waals surface area contributed by atoms with Gasteiger partial charge in [0, 0.05) is 0 Å². The largest absolute Gasteiger partial charge is 0.0888 e. The molecule has 0 N–H and O–H groups in total. The van der Waals surface area contributed by atoms with Crippen molar-refractivity contribution in [3.8, 4) is 0 Å². The van der Waals surface area contributed by atoms with Gasteiger partial charge in [-0.25, -0.2) is 0 Å². The number of hydrogen-bond donors (Lipinski definition) is 0. The predicted molar refractivity (Wildman–Crippen MR) is 68.1 cm³/mol. The van der Waals surface area contributed by atoms with Gasteiger partial charge in [-0.1, -0.05) is 56.3 Å². The van der Waals surface area contributed by atoms with Crippen LogP contribution in [0.4, 0.5) is 0 Å². The van der Waals surface area contributed by atoms with Crippen LogP contribution >= 0.6 is 0 Å². The summed E-state index contributed by atoms with van der Waals surface area (Å²) in [5.41, 5.74) is 1.49. The molecule has 0 amide bonds. The zero-order valence-corrected chi connectivity index (χ0v) is 9.95. The number of allylic oxidation sites excluding steroid dienone is 2. The average molecular weight is 202 g/mol. The van der Waals surface area contributed by atoms with Crippen LogP contribution in [0, 0.1) is 0 Å². The molecule has 0 saturated carbocycles. The van der Waals surface area contributed by atoms with Gasteiger partial charge in [-0.2, -0.15) is 0 Å². The Morgan fingerprint density at radius 3 is 2.40 bits per heavy atom. The Bertz CT molecular complexity index is 271. The fourth-order valence-electron chi connectivity index (χ4n) is 1.91. The van der Waals surface area contributed by atoms with Gasteiger partial charge in [0.25, 0.3) is 0 Å². The standard InChI is InChI=1S/C15H22/c1-3-5-6-8-11-14(4-2)15-12-9-7-10-13-15/h5-7,9-10,12-14H,3-4,8,11H2,1-2H3. The van der Waals surface area contributed by atoms with E-state index >= 15 is 0 Å². The van der Waals surface area contributed by atoms with Gasteiger partial charge in [0.2, 0.25) is 0 Å². The monoisotopic (exact) mass is 202 g/mol. The maximum absolute atomic E-state index is 2.31. The summed E-state index contributed by atoms with van der Waals surface area (Å²) in [6.45, 7) is 4.46. The molecule has 0 aromatic heterocycles. The van der Waals surface area contributed by atoms with Crippen molar-refractivity contribution in [2.45, 2.75) is 45.4 Å². The predicted octanol–water partition coefficient (Wildman–Crippen LogP) is 4.93. The zero-order chi connectivity index (χ0) is 10.9. The highest BCUT2D eigenvalue weighted by molar-refractivity contribution is 5.19. The van der Waals surface area contributed by atoms with Gasteiger partial charge in [-0.15, -0.1) is 0 Å². The Morgan fingerprint density at radius 1 is 1.07 bits per heavy atom. The van der Waals surface area contributed by atoms with Crippen molar-refractivity contribution < 1.29 is 0 Å². The van der Waals surface area contributed by atoms with Crippen LogP contribution in [0.2, 0.25) is 0 Å². The van der Waals surface area contributed by atoms with E-state index < -0.39 is 0 Å². The van der Waals surface area contributed by atoms with Gasteiger partial charge in [-0.05, 0) is 37.2 Å². The highest BCUT2D eigenvalue weighted by Gasteiger charge is 2.06. The number of benzene rings is 1. The van der Waals surface area contributed by atoms with E-state index in [2.05, 4.69) is 56.3 Å². The topological polar surface area (TPSA) is 0 Å². The Balaban J connectivity index is 2.46. The maximum atomic E-state index is 2.31. The summed E-state index contributed by atoms with van der Waals surface area (Å²) in [6.07, 6.45) is 9.45. The Morgan fingerprint density at radius 2 is 1.80 bits per heavy atom. The smallest absolute Gasteiger partial charge is 0.0162 e. The molecule has 0 bridgehead atoms. The van der Waals surface area contributed by atoms with E-state index in [1.54, 1.807) is 0 Å². The van der Waals surface area contributed by atoms with Crippen molar-refractivity contribution >= 4 is 0 Å². The highest BCUT2D eigenvalue weighted by Crippen LogP contribution is 2.24. The summed E-state index contributed by atoms with van der Waals surface area (Å²) in [6, 6.07) is 10.9. The van der Waals surface area contributed by atoms with Gasteiger partial charge in [-0.3, -0.25) is 0 Å². The normalized spacial score (nSPS) is 13.2. The van der Waals surface area contributed by atoms with Gasteiger partial charge in [0.15, 0.2) is 0 Å². The van der Waals surface area contributed by atoms with Crippen molar-refractivity contribution in [1.29, 1.82) is 0 Å². The Kier molecular flexibility index (Phi) is 5.84. The molecule has 1 atom stereocenters. The molecule has 1 aromatic carbocycles. The van der Waals surface area contributed by atoms with E-state index in [9.17, 15) is 0 Å². The molecule has 0 heterocycles. The Labute approximate surface area is 94.0 Å². The molecule has 0 spiro atoms. The van der Waals surface area contributed by atoms with Crippen LogP contribution in [0.5, 0.6) is 0 Å². The summed E-state index contributed by atoms with van der Waals surface area (Å²) >= 11 is 0. The molecule has 0 radical (unpaired) electrons. The van der Waals surface area contributed by atoms with Gasteiger partial charge < -0.3 is 0 Å². The second-order valence-electron chi connectivity index (χ2n) is 3.97. The molecule has 0 fully saturated rings. The van der Waals surface area contributed by atoms with Crippen LogP contribution in [0.15, 0.2) is 42.5 Å². The van der Waals surface area contributed by atoms with Crippen LogP contribution in [-0.2, 0) is 0 Å². The highest BCUT2D eigenvalue weighted by atomic mass is 14.1. The molecular weight excluding hydrogens is 180 g/mol. The molecule has 15 heavy (non-hydrogen) atoms. The summed E-state index contributed by atoms with van der Waals surface area (Å²) < 4.78 is 0. The van der Waals surface area contributed by atoms with E-state index in [1.807, 2.05) is 0 Å². The molecule has 0 heteroatoms. The van der Waals surface area contributed by atoms with Crippen LogP contribution in [0.3, 0.4) is 0 Å².